The standard InChI is InChI=1S/C10H16N4O4/c1-7(2)6-11-12-9-4-3-8(13(15)16)5-10(9)14(17)18/h3-7,12-15,17H,1-2H3. The molecule has 0 saturated carbocycles. The van der Waals surface area contributed by atoms with Crippen molar-refractivity contribution in [2.45, 2.75) is 13.8 Å². The van der Waals surface area contributed by atoms with Crippen LogP contribution in [0.2, 0.25) is 0 Å². The number of benzene rings is 1. The summed E-state index contributed by atoms with van der Waals surface area (Å²) in [6.07, 6.45) is 1.62. The van der Waals surface area contributed by atoms with Crippen LogP contribution in [0.15, 0.2) is 23.3 Å². The Hall–Kier alpha value is -1.55. The van der Waals surface area contributed by atoms with Crippen molar-refractivity contribution in [1.82, 2.24) is 0 Å². The predicted octanol–water partition coefficient (Wildman–Crippen LogP) is -0.453. The smallest absolute Gasteiger partial charge is 0.195 e. The molecule has 2 unspecified atom stereocenters. The van der Waals surface area contributed by atoms with E-state index in [9.17, 15) is 10.4 Å². The summed E-state index contributed by atoms with van der Waals surface area (Å²) < 4.78 is 0. The Labute approximate surface area is 104 Å². The zero-order valence-electron chi connectivity index (χ0n) is 10.0. The Morgan fingerprint density at radius 3 is 2.44 bits per heavy atom. The van der Waals surface area contributed by atoms with Crippen LogP contribution >= 0.6 is 0 Å². The van der Waals surface area contributed by atoms with Gasteiger partial charge in [-0.15, -0.1) is 0 Å². The fraction of sp³-hybridized carbons (Fsp3) is 0.300. The topological polar surface area (TPSA) is 120 Å². The van der Waals surface area contributed by atoms with Crippen LogP contribution in [0.25, 0.3) is 0 Å². The molecule has 0 radical (unpaired) electrons. The minimum Gasteiger partial charge on any atom is -0.595 e. The Kier molecular flexibility index (Phi) is 5.16. The third-order valence-electron chi connectivity index (χ3n) is 2.05. The summed E-state index contributed by atoms with van der Waals surface area (Å²) in [5, 5.41) is 41.0. The molecule has 1 aromatic rings. The van der Waals surface area contributed by atoms with Crippen LogP contribution in [0.3, 0.4) is 0 Å². The van der Waals surface area contributed by atoms with E-state index in [0.717, 1.165) is 6.07 Å². The fourth-order valence-electron chi connectivity index (χ4n) is 1.21. The highest BCUT2D eigenvalue weighted by molar-refractivity contribution is 5.67. The summed E-state index contributed by atoms with van der Waals surface area (Å²) in [5.41, 5.74) is 2.63. The van der Waals surface area contributed by atoms with Crippen molar-refractivity contribution in [2.24, 2.45) is 11.0 Å². The number of hydrazone groups is 1. The first-order chi connectivity index (χ1) is 8.41. The largest absolute Gasteiger partial charge is 0.595 e. The highest BCUT2D eigenvalue weighted by atomic mass is 16.8. The minimum atomic E-state index is -1.21. The second kappa shape index (κ2) is 6.40. The molecule has 0 bridgehead atoms. The van der Waals surface area contributed by atoms with Gasteiger partial charge in [0.05, 0.1) is 6.07 Å². The summed E-state index contributed by atoms with van der Waals surface area (Å²) in [5.74, 6) is 0.226. The minimum absolute atomic E-state index is 0.0780. The van der Waals surface area contributed by atoms with Gasteiger partial charge in [0.2, 0.25) is 0 Å². The van der Waals surface area contributed by atoms with Crippen LogP contribution in [0.4, 0.5) is 17.1 Å². The van der Waals surface area contributed by atoms with Crippen molar-refractivity contribution in [1.29, 1.82) is 0 Å². The molecule has 0 aliphatic heterocycles. The second-order valence-corrected chi connectivity index (χ2v) is 4.00. The maximum absolute atomic E-state index is 11.0. The molecule has 0 spiro atoms. The van der Waals surface area contributed by atoms with Crippen LogP contribution < -0.4 is 15.9 Å². The normalized spacial score (nSPS) is 15.1. The number of nitrogens with zero attached hydrogens (tertiary/aromatic N) is 1. The highest BCUT2D eigenvalue weighted by Gasteiger charge is 2.13. The van der Waals surface area contributed by atoms with Gasteiger partial charge < -0.3 is 10.4 Å². The molecule has 0 heterocycles. The SMILES string of the molecule is CC(C)C=NNc1ccc([NH+]([O-])O)cc1[NH+]([O-])O. The van der Waals surface area contributed by atoms with E-state index >= 15 is 0 Å². The maximum atomic E-state index is 11.0. The molecule has 18 heavy (non-hydrogen) atoms. The van der Waals surface area contributed by atoms with Crippen LogP contribution in [0.5, 0.6) is 0 Å². The van der Waals surface area contributed by atoms with Gasteiger partial charge in [-0.05, 0) is 12.0 Å². The van der Waals surface area contributed by atoms with Crippen molar-refractivity contribution in [2.75, 3.05) is 5.43 Å². The lowest BCUT2D eigenvalue weighted by atomic mass is 10.2. The lowest BCUT2D eigenvalue weighted by Gasteiger charge is -2.18. The summed E-state index contributed by atoms with van der Waals surface area (Å²) in [6.45, 7) is 3.85. The van der Waals surface area contributed by atoms with E-state index in [1.54, 1.807) is 6.21 Å². The molecular formula is C10H16N4O4. The third kappa shape index (κ3) is 4.04. The quantitative estimate of drug-likeness (QED) is 0.361. The Morgan fingerprint density at radius 1 is 1.28 bits per heavy atom. The molecule has 0 aromatic heterocycles. The van der Waals surface area contributed by atoms with Crippen molar-refractivity contribution in [3.05, 3.63) is 28.6 Å². The maximum Gasteiger partial charge on any atom is 0.195 e. The van der Waals surface area contributed by atoms with Crippen molar-refractivity contribution in [3.63, 3.8) is 0 Å². The zero-order valence-corrected chi connectivity index (χ0v) is 10.0. The number of quaternary nitrogens is 2. The van der Waals surface area contributed by atoms with E-state index in [1.165, 1.54) is 12.1 Å². The Morgan fingerprint density at radius 2 is 1.94 bits per heavy atom. The molecule has 0 amide bonds. The summed E-state index contributed by atoms with van der Waals surface area (Å²) in [6, 6.07) is 3.80. The van der Waals surface area contributed by atoms with E-state index < -0.39 is 10.5 Å². The molecule has 0 aliphatic carbocycles. The molecule has 1 rings (SSSR count). The highest BCUT2D eigenvalue weighted by Crippen LogP contribution is 2.20. The van der Waals surface area contributed by atoms with Gasteiger partial charge in [-0.1, -0.05) is 13.8 Å². The van der Waals surface area contributed by atoms with Crippen molar-refractivity contribution >= 4 is 23.3 Å². The number of hydrogen-bond acceptors (Lipinski definition) is 6. The third-order valence-corrected chi connectivity index (χ3v) is 2.05. The van der Waals surface area contributed by atoms with Gasteiger partial charge in [0.25, 0.3) is 0 Å². The van der Waals surface area contributed by atoms with E-state index in [2.05, 4.69) is 10.5 Å². The van der Waals surface area contributed by atoms with E-state index in [0.29, 0.717) is 0 Å². The van der Waals surface area contributed by atoms with E-state index in [4.69, 9.17) is 10.4 Å². The molecule has 2 atom stereocenters. The average molecular weight is 256 g/mol. The Bertz CT molecular complexity index is 420. The first-order valence-corrected chi connectivity index (χ1v) is 5.31. The van der Waals surface area contributed by atoms with Crippen molar-refractivity contribution < 1.29 is 20.9 Å². The van der Waals surface area contributed by atoms with Gasteiger partial charge in [-0.25, -0.2) is 10.4 Å². The Balaban J connectivity index is 2.97. The van der Waals surface area contributed by atoms with Gasteiger partial charge >= 0.3 is 0 Å². The van der Waals surface area contributed by atoms with Crippen molar-refractivity contribution in [3.8, 4) is 0 Å². The average Bonchev–Trinajstić information content (AvgIpc) is 2.28. The summed E-state index contributed by atoms with van der Waals surface area (Å²) >= 11 is 0. The lowest BCUT2D eigenvalue weighted by Crippen LogP contribution is -3.00. The van der Waals surface area contributed by atoms with E-state index in [-0.39, 0.29) is 23.0 Å². The molecule has 0 saturated heterocycles. The van der Waals surface area contributed by atoms with Gasteiger partial charge in [-0.2, -0.15) is 15.6 Å². The molecular weight excluding hydrogens is 240 g/mol. The molecule has 5 N–H and O–H groups in total. The van der Waals surface area contributed by atoms with Crippen LogP contribution in [0, 0.1) is 16.3 Å². The fourth-order valence-corrected chi connectivity index (χ4v) is 1.21. The number of hydrogen-bond donors (Lipinski definition) is 5. The van der Waals surface area contributed by atoms with Gasteiger partial charge in [0.1, 0.15) is 5.69 Å². The van der Waals surface area contributed by atoms with Gasteiger partial charge in [-0.3, -0.25) is 5.43 Å². The lowest BCUT2D eigenvalue weighted by molar-refractivity contribution is -0.996. The molecule has 0 fully saturated rings. The predicted molar refractivity (Wildman–Crippen MR) is 64.9 cm³/mol. The van der Waals surface area contributed by atoms with E-state index in [1.807, 2.05) is 13.8 Å². The molecule has 8 nitrogen and oxygen atoms in total. The van der Waals surface area contributed by atoms with Gasteiger partial charge in [0, 0.05) is 12.3 Å². The first-order valence-electron chi connectivity index (χ1n) is 5.31. The zero-order chi connectivity index (χ0) is 13.7. The van der Waals surface area contributed by atoms with Gasteiger partial charge in [0.15, 0.2) is 11.4 Å². The monoisotopic (exact) mass is 256 g/mol. The van der Waals surface area contributed by atoms with Crippen LogP contribution in [0.1, 0.15) is 13.8 Å². The van der Waals surface area contributed by atoms with Crippen LogP contribution in [-0.4, -0.2) is 16.6 Å². The number of rotatable bonds is 5. The molecule has 0 aliphatic rings. The first kappa shape index (κ1) is 14.5. The molecule has 1 aromatic carbocycles. The van der Waals surface area contributed by atoms with Crippen LogP contribution in [-0.2, 0) is 0 Å². The number of nitrogens with one attached hydrogen (secondary N) is 3. The number of anilines is 1. The molecule has 8 heteroatoms. The summed E-state index contributed by atoms with van der Waals surface area (Å²) in [7, 11) is 0. The molecule has 100 valence electrons. The second-order valence-electron chi connectivity index (χ2n) is 4.00. The summed E-state index contributed by atoms with van der Waals surface area (Å²) in [4.78, 5) is 0.